The lowest BCUT2D eigenvalue weighted by atomic mass is 9.80. The summed E-state index contributed by atoms with van der Waals surface area (Å²) >= 11 is 12.8. The van der Waals surface area contributed by atoms with Gasteiger partial charge in [-0.3, -0.25) is 19.3 Å². The number of halogens is 2. The molecule has 1 aromatic carbocycles. The highest BCUT2D eigenvalue weighted by atomic mass is 35.5. The second kappa shape index (κ2) is 8.14. The number of nitrogens with zero attached hydrogens (tertiary/aromatic N) is 2. The average Bonchev–Trinajstić information content (AvgIpc) is 3.51. The van der Waals surface area contributed by atoms with Crippen LogP contribution in [0, 0.1) is 30.6 Å². The average molecular weight is 492 g/mol. The number of carbonyl (C=O) groups excluding carboxylic acids is 4. The Bertz CT molecular complexity index is 1130. The largest absolute Gasteiger partial charge is 0.452 e. The number of carbonyl (C=O) groups is 4. The van der Waals surface area contributed by atoms with Crippen LogP contribution >= 0.6 is 23.2 Å². The summed E-state index contributed by atoms with van der Waals surface area (Å²) in [5.41, 5.74) is 0.372. The van der Waals surface area contributed by atoms with Gasteiger partial charge in [0.25, 0.3) is 5.91 Å². The normalized spacial score (nSPS) is 30.0. The van der Waals surface area contributed by atoms with Crippen molar-refractivity contribution in [3.05, 3.63) is 41.7 Å². The second-order valence-electron chi connectivity index (χ2n) is 8.51. The van der Waals surface area contributed by atoms with Crippen molar-refractivity contribution in [2.75, 3.05) is 16.8 Å². The summed E-state index contributed by atoms with van der Waals surface area (Å²) in [5.74, 6) is -2.52. The summed E-state index contributed by atoms with van der Waals surface area (Å²) in [7, 11) is 0. The fourth-order valence-corrected chi connectivity index (χ4v) is 6.09. The molecule has 6 atom stereocenters. The lowest BCUT2D eigenvalue weighted by Gasteiger charge is -2.28. The Kier molecular flexibility index (Phi) is 5.41. The fraction of sp³-hybridized carbons (Fsp3) is 0.409. The van der Waals surface area contributed by atoms with Crippen LogP contribution in [-0.2, 0) is 19.1 Å². The molecule has 2 heterocycles. The molecular formula is C22H19Cl2N3O6. The minimum absolute atomic E-state index is 0.101. The number of aryl methyl sites for hydroxylation is 1. The molecule has 172 valence electrons. The molecule has 2 aliphatic carbocycles. The number of aromatic nitrogens is 1. The van der Waals surface area contributed by atoms with E-state index in [1.54, 1.807) is 19.1 Å². The molecule has 3 fully saturated rings. The zero-order valence-electron chi connectivity index (χ0n) is 17.4. The van der Waals surface area contributed by atoms with Gasteiger partial charge in [0, 0.05) is 6.07 Å². The molecule has 2 aromatic rings. The molecule has 1 aliphatic heterocycles. The molecule has 5 rings (SSSR count). The van der Waals surface area contributed by atoms with Crippen LogP contribution in [-0.4, -0.2) is 46.2 Å². The van der Waals surface area contributed by atoms with Crippen molar-refractivity contribution in [3.8, 4) is 0 Å². The number of benzene rings is 1. The van der Waals surface area contributed by atoms with Gasteiger partial charge in [-0.2, -0.15) is 0 Å². The lowest BCUT2D eigenvalue weighted by Crippen LogP contribution is -2.37. The monoisotopic (exact) mass is 491 g/mol. The van der Waals surface area contributed by atoms with Gasteiger partial charge in [0.05, 0.1) is 33.8 Å². The van der Waals surface area contributed by atoms with E-state index in [1.165, 1.54) is 18.2 Å². The van der Waals surface area contributed by atoms with Gasteiger partial charge in [-0.05, 0) is 43.4 Å². The van der Waals surface area contributed by atoms with Crippen molar-refractivity contribution in [2.45, 2.75) is 24.1 Å². The number of rotatable bonds is 5. The van der Waals surface area contributed by atoms with Crippen LogP contribution in [0.2, 0.25) is 0 Å². The molecule has 0 radical (unpaired) electrons. The molecule has 3 amide bonds. The zero-order chi connectivity index (χ0) is 23.4. The van der Waals surface area contributed by atoms with Gasteiger partial charge in [0.15, 0.2) is 12.4 Å². The van der Waals surface area contributed by atoms with Crippen molar-refractivity contribution in [3.63, 3.8) is 0 Å². The van der Waals surface area contributed by atoms with Crippen molar-refractivity contribution in [1.82, 2.24) is 5.16 Å². The second-order valence-corrected chi connectivity index (χ2v) is 9.52. The van der Waals surface area contributed by atoms with E-state index in [9.17, 15) is 19.2 Å². The zero-order valence-corrected chi connectivity index (χ0v) is 18.9. The minimum Gasteiger partial charge on any atom is -0.452 e. The minimum atomic E-state index is -0.774. The van der Waals surface area contributed by atoms with Crippen molar-refractivity contribution in [1.29, 1.82) is 0 Å². The Morgan fingerprint density at radius 1 is 1.15 bits per heavy atom. The molecule has 1 N–H and O–H groups in total. The van der Waals surface area contributed by atoms with Gasteiger partial charge in [-0.25, -0.2) is 4.79 Å². The number of amides is 3. The van der Waals surface area contributed by atoms with Gasteiger partial charge < -0.3 is 14.6 Å². The van der Waals surface area contributed by atoms with E-state index in [2.05, 4.69) is 10.5 Å². The smallest absolute Gasteiger partial charge is 0.338 e. The standard InChI is InChI=1S/C22H19Cl2N3O6/c1-9-5-14(26-33-9)25-15(28)8-32-22(31)10-3-2-4-11(6-10)27-20(29)16-12-7-13(17(16)21(27)30)19(24)18(12)23/h2-6,12-13,16-19H,7-8H2,1H3,(H,25,26,28)/t12-,13-,16-,17+,18-,19+/m1/s1. The van der Waals surface area contributed by atoms with E-state index in [0.717, 1.165) is 4.90 Å². The number of nitrogens with one attached hydrogen (secondary N) is 1. The molecule has 9 nitrogen and oxygen atoms in total. The predicted molar refractivity (Wildman–Crippen MR) is 117 cm³/mol. The number of esters is 1. The molecular weight excluding hydrogens is 473 g/mol. The third-order valence-corrected chi connectivity index (χ3v) is 7.88. The molecule has 1 saturated heterocycles. The molecule has 1 aromatic heterocycles. The lowest BCUT2D eigenvalue weighted by molar-refractivity contribution is -0.123. The Morgan fingerprint density at radius 3 is 2.42 bits per heavy atom. The number of hydrogen-bond donors (Lipinski definition) is 1. The maximum atomic E-state index is 13.1. The number of alkyl halides is 2. The summed E-state index contributed by atoms with van der Waals surface area (Å²) < 4.78 is 9.90. The Balaban J connectivity index is 1.27. The Morgan fingerprint density at radius 2 is 1.82 bits per heavy atom. The number of anilines is 2. The van der Waals surface area contributed by atoms with Crippen LogP contribution in [0.4, 0.5) is 11.5 Å². The first-order valence-corrected chi connectivity index (χ1v) is 11.3. The highest BCUT2D eigenvalue weighted by Gasteiger charge is 2.66. The molecule has 33 heavy (non-hydrogen) atoms. The summed E-state index contributed by atoms with van der Waals surface area (Å²) in [4.78, 5) is 51.8. The highest BCUT2D eigenvalue weighted by molar-refractivity contribution is 6.32. The van der Waals surface area contributed by atoms with Crippen LogP contribution in [0.15, 0.2) is 34.9 Å². The van der Waals surface area contributed by atoms with Crippen LogP contribution in [0.25, 0.3) is 0 Å². The number of hydrogen-bond acceptors (Lipinski definition) is 7. The summed E-state index contributed by atoms with van der Waals surface area (Å²) in [6.45, 7) is 1.13. The van der Waals surface area contributed by atoms with E-state index in [-0.39, 0.29) is 51.5 Å². The molecule has 0 unspecified atom stereocenters. The van der Waals surface area contributed by atoms with Crippen LogP contribution in [0.5, 0.6) is 0 Å². The first-order valence-electron chi connectivity index (χ1n) is 10.4. The van der Waals surface area contributed by atoms with E-state index < -0.39 is 30.3 Å². The first-order chi connectivity index (χ1) is 15.8. The highest BCUT2D eigenvalue weighted by Crippen LogP contribution is 2.59. The predicted octanol–water partition coefficient (Wildman–Crippen LogP) is 2.75. The number of imide groups is 1. The van der Waals surface area contributed by atoms with E-state index >= 15 is 0 Å². The van der Waals surface area contributed by atoms with E-state index in [1.807, 2.05) is 0 Å². The van der Waals surface area contributed by atoms with Gasteiger partial charge in [0.1, 0.15) is 5.76 Å². The Labute approximate surface area is 198 Å². The van der Waals surface area contributed by atoms with Gasteiger partial charge in [-0.1, -0.05) is 11.2 Å². The maximum absolute atomic E-state index is 13.1. The SMILES string of the molecule is Cc1cc(NC(=O)COC(=O)c2cccc(N3C(=O)[C@@H]4[C@H]5C[C@@H]([C@H](Cl)[C@@H]5Cl)[C@@H]4C3=O)c2)no1. The topological polar surface area (TPSA) is 119 Å². The van der Waals surface area contributed by atoms with Crippen LogP contribution in [0.3, 0.4) is 0 Å². The molecule has 3 aliphatic rings. The molecule has 2 saturated carbocycles. The van der Waals surface area contributed by atoms with E-state index in [0.29, 0.717) is 12.2 Å². The Hall–Kier alpha value is -2.91. The first kappa shape index (κ1) is 21.9. The third-order valence-electron chi connectivity index (χ3n) is 6.56. The number of ether oxygens (including phenoxy) is 1. The fourth-order valence-electron chi connectivity index (χ4n) is 5.19. The van der Waals surface area contributed by atoms with Crippen LogP contribution in [0.1, 0.15) is 22.5 Å². The summed E-state index contributed by atoms with van der Waals surface area (Å²) in [6.07, 6.45) is 0.672. The summed E-state index contributed by atoms with van der Waals surface area (Å²) in [5, 5.41) is 5.38. The summed E-state index contributed by atoms with van der Waals surface area (Å²) in [6, 6.07) is 7.52. The van der Waals surface area contributed by atoms with Crippen molar-refractivity contribution in [2.24, 2.45) is 23.7 Å². The quantitative estimate of drug-likeness (QED) is 0.387. The maximum Gasteiger partial charge on any atom is 0.338 e. The molecule has 2 bridgehead atoms. The molecule has 11 heteroatoms. The van der Waals surface area contributed by atoms with Crippen LogP contribution < -0.4 is 10.2 Å². The van der Waals surface area contributed by atoms with E-state index in [4.69, 9.17) is 32.5 Å². The van der Waals surface area contributed by atoms with Crippen molar-refractivity contribution >= 4 is 58.4 Å². The number of fused-ring (bicyclic) bond motifs is 5. The molecule has 0 spiro atoms. The van der Waals surface area contributed by atoms with Crippen molar-refractivity contribution < 1.29 is 28.4 Å². The van der Waals surface area contributed by atoms with Gasteiger partial charge in [0.2, 0.25) is 11.8 Å². The van der Waals surface area contributed by atoms with Gasteiger partial charge >= 0.3 is 5.97 Å². The van der Waals surface area contributed by atoms with Gasteiger partial charge in [-0.15, -0.1) is 23.2 Å². The third kappa shape index (κ3) is 3.59.